The van der Waals surface area contributed by atoms with Crippen molar-refractivity contribution in [1.82, 2.24) is 15.1 Å². The first-order chi connectivity index (χ1) is 10.9. The standard InChI is InChI=1S/C18H30N4O/c1-6-21(5)8-7-18(3)9-16(18)11-20-17(23)22-12-14(2)15(13-22)10-19-4/h10,16H,2,4,6-9,11-13H2,1,3,5H3,(H,20,23)/b15-10-. The molecule has 2 rings (SSSR count). The van der Waals surface area contributed by atoms with Crippen LogP contribution in [0.25, 0.3) is 0 Å². The van der Waals surface area contributed by atoms with Gasteiger partial charge in [0.05, 0.1) is 0 Å². The Hall–Kier alpha value is -1.62. The lowest BCUT2D eigenvalue weighted by atomic mass is 10.0. The van der Waals surface area contributed by atoms with Crippen LogP contribution in [-0.2, 0) is 0 Å². The molecule has 0 radical (unpaired) electrons. The predicted octanol–water partition coefficient (Wildman–Crippen LogP) is 2.52. The Bertz CT molecular complexity index is 513. The SMILES string of the molecule is C=N/C=C1/CN(C(=O)NCC2CC2(C)CCN(C)CC)CC1=C. The van der Waals surface area contributed by atoms with Gasteiger partial charge in [-0.3, -0.25) is 4.99 Å². The Labute approximate surface area is 140 Å². The normalized spacial score (nSPS) is 28.5. The number of urea groups is 1. The highest BCUT2D eigenvalue weighted by molar-refractivity contribution is 5.76. The van der Waals surface area contributed by atoms with Gasteiger partial charge in [-0.1, -0.05) is 20.4 Å². The van der Waals surface area contributed by atoms with E-state index in [4.69, 9.17) is 0 Å². The van der Waals surface area contributed by atoms with E-state index in [1.54, 1.807) is 11.1 Å². The molecule has 2 atom stereocenters. The van der Waals surface area contributed by atoms with E-state index >= 15 is 0 Å². The largest absolute Gasteiger partial charge is 0.338 e. The first kappa shape index (κ1) is 17.7. The number of likely N-dealkylation sites (tertiary alicyclic amines) is 1. The number of hydrogen-bond acceptors (Lipinski definition) is 3. The summed E-state index contributed by atoms with van der Waals surface area (Å²) in [5, 5.41) is 3.09. The van der Waals surface area contributed by atoms with Crippen LogP contribution in [0.2, 0.25) is 0 Å². The molecule has 128 valence electrons. The topological polar surface area (TPSA) is 47.9 Å². The highest BCUT2D eigenvalue weighted by Crippen LogP contribution is 2.54. The molecule has 23 heavy (non-hydrogen) atoms. The monoisotopic (exact) mass is 318 g/mol. The number of rotatable bonds is 7. The van der Waals surface area contributed by atoms with Crippen molar-refractivity contribution in [2.45, 2.75) is 26.7 Å². The summed E-state index contributed by atoms with van der Waals surface area (Å²) in [4.78, 5) is 20.2. The molecular weight excluding hydrogens is 288 g/mol. The van der Waals surface area contributed by atoms with Crippen molar-refractivity contribution < 1.29 is 4.79 Å². The average molecular weight is 318 g/mol. The van der Waals surface area contributed by atoms with Gasteiger partial charge < -0.3 is 15.1 Å². The van der Waals surface area contributed by atoms with E-state index in [0.29, 0.717) is 24.4 Å². The minimum atomic E-state index is -0.00135. The summed E-state index contributed by atoms with van der Waals surface area (Å²) in [6.07, 6.45) is 4.11. The summed E-state index contributed by atoms with van der Waals surface area (Å²) in [6.45, 7) is 16.1. The maximum absolute atomic E-state index is 12.3. The molecule has 2 fully saturated rings. The van der Waals surface area contributed by atoms with Crippen LogP contribution in [0.5, 0.6) is 0 Å². The molecule has 5 nitrogen and oxygen atoms in total. The molecule has 1 aliphatic carbocycles. The molecule has 0 aromatic rings. The summed E-state index contributed by atoms with van der Waals surface area (Å²) < 4.78 is 0. The third kappa shape index (κ3) is 4.44. The van der Waals surface area contributed by atoms with Crippen LogP contribution >= 0.6 is 0 Å². The summed E-state index contributed by atoms with van der Waals surface area (Å²) in [7, 11) is 2.16. The van der Waals surface area contributed by atoms with Gasteiger partial charge in [-0.25, -0.2) is 4.79 Å². The van der Waals surface area contributed by atoms with Crippen LogP contribution in [0.15, 0.2) is 28.9 Å². The van der Waals surface area contributed by atoms with E-state index in [1.807, 2.05) is 0 Å². The third-order valence-corrected chi connectivity index (χ3v) is 5.37. The molecule has 1 aliphatic heterocycles. The number of carbonyl (C=O) groups is 1. The first-order valence-corrected chi connectivity index (χ1v) is 8.44. The van der Waals surface area contributed by atoms with Crippen LogP contribution in [-0.4, -0.2) is 62.3 Å². The van der Waals surface area contributed by atoms with Crippen molar-refractivity contribution in [3.63, 3.8) is 0 Å². The second-order valence-electron chi connectivity index (χ2n) is 7.18. The summed E-state index contributed by atoms with van der Waals surface area (Å²) in [5.74, 6) is 0.604. The quantitative estimate of drug-likeness (QED) is 0.733. The Kier molecular flexibility index (Phi) is 5.63. The summed E-state index contributed by atoms with van der Waals surface area (Å²) in [6, 6.07) is -0.00135. The zero-order valence-electron chi connectivity index (χ0n) is 14.8. The molecule has 2 unspecified atom stereocenters. The van der Waals surface area contributed by atoms with Crippen LogP contribution in [0.1, 0.15) is 26.7 Å². The Morgan fingerprint density at radius 2 is 2.30 bits per heavy atom. The zero-order valence-corrected chi connectivity index (χ0v) is 14.8. The highest BCUT2D eigenvalue weighted by Gasteiger charge is 2.49. The Morgan fingerprint density at radius 1 is 1.57 bits per heavy atom. The minimum absolute atomic E-state index is 0.00135. The lowest BCUT2D eigenvalue weighted by Gasteiger charge is -2.19. The fraction of sp³-hybridized carbons (Fsp3) is 0.667. The van der Waals surface area contributed by atoms with Gasteiger partial charge in [0.1, 0.15) is 0 Å². The lowest BCUT2D eigenvalue weighted by molar-refractivity contribution is 0.209. The second kappa shape index (κ2) is 7.30. The molecule has 1 N–H and O–H groups in total. The lowest BCUT2D eigenvalue weighted by Crippen LogP contribution is -2.39. The van der Waals surface area contributed by atoms with E-state index in [0.717, 1.165) is 30.8 Å². The Balaban J connectivity index is 1.73. The first-order valence-electron chi connectivity index (χ1n) is 8.44. The van der Waals surface area contributed by atoms with Gasteiger partial charge in [0.2, 0.25) is 0 Å². The molecule has 0 aromatic carbocycles. The van der Waals surface area contributed by atoms with E-state index < -0.39 is 0 Å². The molecule has 0 spiro atoms. The number of aliphatic imine (C=N–C) groups is 1. The fourth-order valence-electron chi connectivity index (χ4n) is 3.15. The second-order valence-corrected chi connectivity index (χ2v) is 7.18. The van der Waals surface area contributed by atoms with Crippen molar-refractivity contribution >= 4 is 12.7 Å². The zero-order chi connectivity index (χ0) is 17.0. The van der Waals surface area contributed by atoms with Gasteiger partial charge in [-0.05, 0) is 62.2 Å². The van der Waals surface area contributed by atoms with E-state index in [2.05, 4.69) is 49.4 Å². The van der Waals surface area contributed by atoms with Gasteiger partial charge >= 0.3 is 6.03 Å². The van der Waals surface area contributed by atoms with Gasteiger partial charge in [-0.15, -0.1) is 0 Å². The van der Waals surface area contributed by atoms with Crippen LogP contribution in [0.3, 0.4) is 0 Å². The summed E-state index contributed by atoms with van der Waals surface area (Å²) >= 11 is 0. The van der Waals surface area contributed by atoms with Crippen LogP contribution in [0, 0.1) is 11.3 Å². The molecular formula is C18H30N4O. The van der Waals surface area contributed by atoms with E-state index in [-0.39, 0.29) is 6.03 Å². The molecule has 5 heteroatoms. The molecule has 0 aromatic heterocycles. The Morgan fingerprint density at radius 3 is 2.96 bits per heavy atom. The molecule has 0 bridgehead atoms. The van der Waals surface area contributed by atoms with E-state index in [9.17, 15) is 4.79 Å². The molecule has 2 aliphatic rings. The smallest absolute Gasteiger partial charge is 0.318 e. The molecule has 2 amide bonds. The van der Waals surface area contributed by atoms with Crippen molar-refractivity contribution in [1.29, 1.82) is 0 Å². The van der Waals surface area contributed by atoms with Crippen molar-refractivity contribution in [3.8, 4) is 0 Å². The van der Waals surface area contributed by atoms with E-state index in [1.165, 1.54) is 12.8 Å². The maximum Gasteiger partial charge on any atom is 0.318 e. The van der Waals surface area contributed by atoms with Gasteiger partial charge in [-0.2, -0.15) is 0 Å². The number of nitrogens with one attached hydrogen (secondary N) is 1. The maximum atomic E-state index is 12.3. The minimum Gasteiger partial charge on any atom is -0.338 e. The van der Waals surface area contributed by atoms with Crippen molar-refractivity contribution in [2.75, 3.05) is 39.8 Å². The number of nitrogens with zero attached hydrogens (tertiary/aromatic N) is 3. The number of hydrogen-bond donors (Lipinski definition) is 1. The fourth-order valence-corrected chi connectivity index (χ4v) is 3.15. The third-order valence-electron chi connectivity index (χ3n) is 5.37. The molecule has 1 heterocycles. The van der Waals surface area contributed by atoms with Crippen LogP contribution < -0.4 is 5.32 Å². The van der Waals surface area contributed by atoms with Gasteiger partial charge in [0.25, 0.3) is 0 Å². The van der Waals surface area contributed by atoms with Crippen LogP contribution in [0.4, 0.5) is 4.79 Å². The molecule has 1 saturated heterocycles. The summed E-state index contributed by atoms with van der Waals surface area (Å²) in [5.41, 5.74) is 2.34. The number of carbonyl (C=O) groups excluding carboxylic acids is 1. The van der Waals surface area contributed by atoms with Crippen molar-refractivity contribution in [2.24, 2.45) is 16.3 Å². The average Bonchev–Trinajstić information content (AvgIpc) is 3.04. The predicted molar refractivity (Wildman–Crippen MR) is 95.7 cm³/mol. The van der Waals surface area contributed by atoms with Gasteiger partial charge in [0, 0.05) is 25.8 Å². The highest BCUT2D eigenvalue weighted by atomic mass is 16.2. The van der Waals surface area contributed by atoms with Gasteiger partial charge in [0.15, 0.2) is 0 Å². The number of amides is 2. The molecule has 1 saturated carbocycles. The van der Waals surface area contributed by atoms with Crippen molar-refractivity contribution in [3.05, 3.63) is 23.9 Å².